The zero-order valence-electron chi connectivity index (χ0n) is 6.38. The van der Waals surface area contributed by atoms with Crippen molar-refractivity contribution >= 4 is 21.8 Å². The van der Waals surface area contributed by atoms with E-state index in [2.05, 4.69) is 26.3 Å². The summed E-state index contributed by atoms with van der Waals surface area (Å²) in [6.07, 6.45) is 0.852. The normalized spacial score (nSPS) is 16.6. The predicted molar refractivity (Wildman–Crippen MR) is 46.6 cm³/mol. The first-order chi connectivity index (χ1) is 5.75. The zero-order valence-corrected chi connectivity index (χ0v) is 7.97. The Morgan fingerprint density at radius 3 is 3.33 bits per heavy atom. The molecule has 4 nitrogen and oxygen atoms in total. The number of rotatable bonds is 0. The predicted octanol–water partition coefficient (Wildman–Crippen LogP) is 0.318. The largest absolute Gasteiger partial charge is 0.354 e. The van der Waals surface area contributed by atoms with E-state index in [4.69, 9.17) is 0 Å². The summed E-state index contributed by atoms with van der Waals surface area (Å²) in [5.41, 5.74) is 1.10. The van der Waals surface area contributed by atoms with Gasteiger partial charge in [-0.25, -0.2) is 0 Å². The van der Waals surface area contributed by atoms with Crippen LogP contribution in [0.15, 0.2) is 10.7 Å². The van der Waals surface area contributed by atoms with E-state index in [0.717, 1.165) is 16.7 Å². The van der Waals surface area contributed by atoms with Crippen LogP contribution in [0.3, 0.4) is 0 Å². The van der Waals surface area contributed by atoms with Gasteiger partial charge >= 0.3 is 0 Å². The van der Waals surface area contributed by atoms with Gasteiger partial charge in [-0.05, 0) is 22.0 Å². The van der Waals surface area contributed by atoms with Crippen LogP contribution in [0.4, 0.5) is 0 Å². The molecular formula is C7H8BrN3O. The van der Waals surface area contributed by atoms with Crippen molar-refractivity contribution in [3.8, 4) is 0 Å². The molecule has 0 saturated carbocycles. The summed E-state index contributed by atoms with van der Waals surface area (Å²) in [5, 5.41) is 6.92. The van der Waals surface area contributed by atoms with E-state index in [0.29, 0.717) is 13.1 Å². The minimum absolute atomic E-state index is 0.0318. The van der Waals surface area contributed by atoms with Crippen LogP contribution in [0.5, 0.6) is 0 Å². The maximum Gasteiger partial charge on any atom is 0.241 e. The maximum atomic E-state index is 11.1. The van der Waals surface area contributed by atoms with Gasteiger partial charge in [0.05, 0.1) is 0 Å². The molecule has 0 spiro atoms. The Hall–Kier alpha value is -0.840. The second-order valence-corrected chi connectivity index (χ2v) is 3.53. The van der Waals surface area contributed by atoms with Gasteiger partial charge in [-0.15, -0.1) is 0 Å². The molecule has 0 bridgehead atoms. The van der Waals surface area contributed by atoms with Gasteiger partial charge in [0.15, 0.2) is 0 Å². The molecule has 0 saturated heterocycles. The fraction of sp³-hybridized carbons (Fsp3) is 0.429. The molecule has 1 aromatic rings. The second kappa shape index (κ2) is 2.90. The minimum atomic E-state index is 0.0318. The van der Waals surface area contributed by atoms with Crippen LogP contribution in [-0.4, -0.2) is 22.2 Å². The number of halogens is 1. The number of hydrogen-bond acceptors (Lipinski definition) is 2. The first-order valence-corrected chi connectivity index (χ1v) is 4.54. The summed E-state index contributed by atoms with van der Waals surface area (Å²) < 4.78 is 2.53. The fourth-order valence-corrected chi connectivity index (χ4v) is 1.74. The Morgan fingerprint density at radius 1 is 1.67 bits per heavy atom. The SMILES string of the molecule is O=C1Cn2nc(Br)cc2CCN1. The molecule has 1 aliphatic rings. The number of fused-ring (bicyclic) bond motifs is 1. The lowest BCUT2D eigenvalue weighted by Crippen LogP contribution is -2.25. The molecule has 0 radical (unpaired) electrons. The van der Waals surface area contributed by atoms with E-state index in [1.165, 1.54) is 0 Å². The first-order valence-electron chi connectivity index (χ1n) is 3.74. The lowest BCUT2D eigenvalue weighted by molar-refractivity contribution is -0.121. The summed E-state index contributed by atoms with van der Waals surface area (Å²) in [4.78, 5) is 11.1. The Labute approximate surface area is 78.1 Å². The van der Waals surface area contributed by atoms with Crippen molar-refractivity contribution in [1.82, 2.24) is 15.1 Å². The summed E-state index contributed by atoms with van der Waals surface area (Å²) in [6, 6.07) is 1.94. The fourth-order valence-electron chi connectivity index (χ4n) is 1.28. The van der Waals surface area contributed by atoms with Gasteiger partial charge in [0.2, 0.25) is 5.91 Å². The topological polar surface area (TPSA) is 46.9 Å². The lowest BCUT2D eigenvalue weighted by atomic mass is 10.3. The van der Waals surface area contributed by atoms with Crippen molar-refractivity contribution in [3.63, 3.8) is 0 Å². The average Bonchev–Trinajstić information content (AvgIpc) is 2.23. The number of carbonyl (C=O) groups is 1. The number of carbonyl (C=O) groups excluding carboxylic acids is 1. The number of aromatic nitrogens is 2. The molecule has 0 fully saturated rings. The van der Waals surface area contributed by atoms with Crippen molar-refractivity contribution in [2.75, 3.05) is 6.54 Å². The van der Waals surface area contributed by atoms with Gasteiger partial charge in [0, 0.05) is 18.7 Å². The highest BCUT2D eigenvalue weighted by atomic mass is 79.9. The highest BCUT2D eigenvalue weighted by molar-refractivity contribution is 9.10. The van der Waals surface area contributed by atoms with E-state index in [1.54, 1.807) is 4.68 Å². The molecule has 0 aromatic carbocycles. The lowest BCUT2D eigenvalue weighted by Gasteiger charge is -1.97. The monoisotopic (exact) mass is 229 g/mol. The summed E-state index contributed by atoms with van der Waals surface area (Å²) in [7, 11) is 0. The minimum Gasteiger partial charge on any atom is -0.354 e. The summed E-state index contributed by atoms with van der Waals surface area (Å²) in [5.74, 6) is 0.0318. The number of nitrogens with zero attached hydrogens (tertiary/aromatic N) is 2. The third-order valence-electron chi connectivity index (χ3n) is 1.83. The van der Waals surface area contributed by atoms with Gasteiger partial charge in [-0.1, -0.05) is 0 Å². The van der Waals surface area contributed by atoms with E-state index >= 15 is 0 Å². The van der Waals surface area contributed by atoms with Crippen molar-refractivity contribution < 1.29 is 4.79 Å². The molecule has 1 aromatic heterocycles. The van der Waals surface area contributed by atoms with E-state index < -0.39 is 0 Å². The quantitative estimate of drug-likeness (QED) is 0.697. The van der Waals surface area contributed by atoms with Gasteiger partial charge in [-0.2, -0.15) is 5.10 Å². The van der Waals surface area contributed by atoms with Gasteiger partial charge in [0.1, 0.15) is 11.1 Å². The molecule has 1 amide bonds. The standard InChI is InChI=1S/C7H8BrN3O/c8-6-3-5-1-2-9-7(12)4-11(5)10-6/h3H,1-2,4H2,(H,9,12). The molecular weight excluding hydrogens is 222 g/mol. The van der Waals surface area contributed by atoms with Crippen LogP contribution in [-0.2, 0) is 17.8 Å². The molecule has 0 unspecified atom stereocenters. The van der Waals surface area contributed by atoms with E-state index in [9.17, 15) is 4.79 Å². The number of hydrogen-bond donors (Lipinski definition) is 1. The summed E-state index contributed by atoms with van der Waals surface area (Å²) in [6.45, 7) is 1.04. The van der Waals surface area contributed by atoms with Gasteiger partial charge in [-0.3, -0.25) is 9.48 Å². The molecule has 12 heavy (non-hydrogen) atoms. The molecule has 2 rings (SSSR count). The molecule has 1 N–H and O–H groups in total. The first kappa shape index (κ1) is 7.79. The highest BCUT2D eigenvalue weighted by Gasteiger charge is 2.13. The van der Waals surface area contributed by atoms with Crippen LogP contribution in [0.1, 0.15) is 5.69 Å². The van der Waals surface area contributed by atoms with Crippen LogP contribution < -0.4 is 5.32 Å². The second-order valence-electron chi connectivity index (χ2n) is 2.72. The summed E-state index contributed by atoms with van der Waals surface area (Å²) >= 11 is 3.27. The molecule has 0 atom stereocenters. The van der Waals surface area contributed by atoms with Crippen molar-refractivity contribution in [2.24, 2.45) is 0 Å². The van der Waals surface area contributed by atoms with Crippen LogP contribution in [0.25, 0.3) is 0 Å². The Balaban J connectivity index is 2.36. The third-order valence-corrected chi connectivity index (χ3v) is 2.22. The van der Waals surface area contributed by atoms with Crippen molar-refractivity contribution in [3.05, 3.63) is 16.4 Å². The number of nitrogens with one attached hydrogen (secondary N) is 1. The zero-order chi connectivity index (χ0) is 8.55. The Kier molecular flexibility index (Phi) is 1.88. The van der Waals surface area contributed by atoms with Crippen LogP contribution >= 0.6 is 15.9 Å². The van der Waals surface area contributed by atoms with Crippen LogP contribution in [0, 0.1) is 0 Å². The molecule has 64 valence electrons. The third kappa shape index (κ3) is 1.36. The molecule has 1 aliphatic heterocycles. The smallest absolute Gasteiger partial charge is 0.241 e. The molecule has 5 heteroatoms. The van der Waals surface area contributed by atoms with Crippen LogP contribution in [0.2, 0.25) is 0 Å². The van der Waals surface area contributed by atoms with Crippen molar-refractivity contribution in [1.29, 1.82) is 0 Å². The van der Waals surface area contributed by atoms with Gasteiger partial charge in [0.25, 0.3) is 0 Å². The van der Waals surface area contributed by atoms with Crippen molar-refractivity contribution in [2.45, 2.75) is 13.0 Å². The molecule has 0 aliphatic carbocycles. The van der Waals surface area contributed by atoms with E-state index in [-0.39, 0.29) is 5.91 Å². The highest BCUT2D eigenvalue weighted by Crippen LogP contribution is 2.12. The molecule has 2 heterocycles. The average molecular weight is 230 g/mol. The van der Waals surface area contributed by atoms with Gasteiger partial charge < -0.3 is 5.32 Å². The van der Waals surface area contributed by atoms with E-state index in [1.807, 2.05) is 6.07 Å². The Bertz CT molecular complexity index is 320. The number of amides is 1. The maximum absolute atomic E-state index is 11.1. The Morgan fingerprint density at radius 2 is 2.50 bits per heavy atom.